The fraction of sp³-hybridized carbons (Fsp3) is 0.875. The number of piperazine rings is 1. The van der Waals surface area contributed by atoms with Crippen molar-refractivity contribution in [2.75, 3.05) is 38.7 Å². The first-order chi connectivity index (χ1) is 6.79. The van der Waals surface area contributed by atoms with Crippen LogP contribution in [0.2, 0.25) is 0 Å². The maximum absolute atomic E-state index is 11.1. The fourth-order valence-corrected chi connectivity index (χ4v) is 2.71. The average Bonchev–Trinajstić information content (AvgIpc) is 2.06. The van der Waals surface area contributed by atoms with Gasteiger partial charge in [0.05, 0.1) is 5.75 Å². The summed E-state index contributed by atoms with van der Waals surface area (Å²) in [6.07, 6.45) is 0.183. The van der Waals surface area contributed by atoms with E-state index in [-0.39, 0.29) is 18.3 Å². The number of hydrogen-bond donors (Lipinski definition) is 1. The van der Waals surface area contributed by atoms with Gasteiger partial charge in [0.15, 0.2) is 0 Å². The van der Waals surface area contributed by atoms with Gasteiger partial charge in [-0.3, -0.25) is 4.90 Å². The standard InChI is InChI=1S/C8H16N2O4S/c1-9-3-4-10(8(11)12)5-7(9)6-15(2,13)14/h7H,3-6H2,1-2H3,(H,11,12). The molecule has 1 unspecified atom stereocenters. The monoisotopic (exact) mass is 236 g/mol. The average molecular weight is 236 g/mol. The number of carboxylic acid groups (broad SMARTS) is 1. The Morgan fingerprint density at radius 2 is 2.07 bits per heavy atom. The Balaban J connectivity index is 2.66. The number of amides is 1. The van der Waals surface area contributed by atoms with Crippen molar-refractivity contribution in [3.63, 3.8) is 0 Å². The highest BCUT2D eigenvalue weighted by Crippen LogP contribution is 2.09. The van der Waals surface area contributed by atoms with Crippen molar-refractivity contribution in [3.8, 4) is 0 Å². The minimum Gasteiger partial charge on any atom is -0.465 e. The first kappa shape index (κ1) is 12.3. The molecule has 1 N–H and O–H groups in total. The van der Waals surface area contributed by atoms with E-state index in [0.717, 1.165) is 0 Å². The van der Waals surface area contributed by atoms with Crippen molar-refractivity contribution >= 4 is 15.9 Å². The van der Waals surface area contributed by atoms with E-state index in [1.165, 1.54) is 11.2 Å². The molecule has 0 aromatic carbocycles. The summed E-state index contributed by atoms with van der Waals surface area (Å²) in [7, 11) is -1.25. The van der Waals surface area contributed by atoms with Crippen LogP contribution in [0.1, 0.15) is 0 Å². The molecule has 0 saturated carbocycles. The summed E-state index contributed by atoms with van der Waals surface area (Å²) in [5, 5.41) is 8.80. The van der Waals surface area contributed by atoms with Crippen LogP contribution in [0, 0.1) is 0 Å². The molecule has 1 amide bonds. The normalized spacial score (nSPS) is 24.1. The van der Waals surface area contributed by atoms with Crippen molar-refractivity contribution in [3.05, 3.63) is 0 Å². The molecule has 15 heavy (non-hydrogen) atoms. The molecule has 1 heterocycles. The third-order valence-corrected chi connectivity index (χ3v) is 3.53. The molecule has 1 rings (SSSR count). The highest BCUT2D eigenvalue weighted by molar-refractivity contribution is 7.90. The molecule has 1 saturated heterocycles. The van der Waals surface area contributed by atoms with Crippen LogP contribution in [0.25, 0.3) is 0 Å². The van der Waals surface area contributed by atoms with Gasteiger partial charge in [-0.15, -0.1) is 0 Å². The molecular formula is C8H16N2O4S. The summed E-state index contributed by atoms with van der Waals surface area (Å²) in [6, 6.07) is -0.232. The number of sulfone groups is 1. The summed E-state index contributed by atoms with van der Waals surface area (Å²) in [5.74, 6) is 0.00722. The zero-order valence-electron chi connectivity index (χ0n) is 8.88. The van der Waals surface area contributed by atoms with Gasteiger partial charge in [-0.05, 0) is 7.05 Å². The van der Waals surface area contributed by atoms with E-state index in [4.69, 9.17) is 5.11 Å². The molecular weight excluding hydrogens is 220 g/mol. The van der Waals surface area contributed by atoms with Gasteiger partial charge >= 0.3 is 6.09 Å². The Morgan fingerprint density at radius 1 is 1.47 bits per heavy atom. The van der Waals surface area contributed by atoms with Gasteiger partial charge in [0.1, 0.15) is 9.84 Å². The molecule has 0 spiro atoms. The first-order valence-electron chi connectivity index (χ1n) is 4.65. The Labute approximate surface area is 89.4 Å². The van der Waals surface area contributed by atoms with Crippen molar-refractivity contribution in [2.45, 2.75) is 6.04 Å². The topological polar surface area (TPSA) is 77.9 Å². The molecule has 7 heteroatoms. The largest absolute Gasteiger partial charge is 0.465 e. The van der Waals surface area contributed by atoms with E-state index in [9.17, 15) is 13.2 Å². The molecule has 88 valence electrons. The highest BCUT2D eigenvalue weighted by Gasteiger charge is 2.29. The Bertz CT molecular complexity index is 341. The van der Waals surface area contributed by atoms with Crippen molar-refractivity contribution in [1.82, 2.24) is 9.80 Å². The van der Waals surface area contributed by atoms with Gasteiger partial charge in [-0.1, -0.05) is 0 Å². The lowest BCUT2D eigenvalue weighted by molar-refractivity contribution is 0.0902. The minimum atomic E-state index is -3.07. The second-order valence-electron chi connectivity index (χ2n) is 3.96. The van der Waals surface area contributed by atoms with Crippen LogP contribution < -0.4 is 0 Å². The Kier molecular flexibility index (Phi) is 3.56. The first-order valence-corrected chi connectivity index (χ1v) is 6.71. The second-order valence-corrected chi connectivity index (χ2v) is 6.14. The smallest absolute Gasteiger partial charge is 0.407 e. The summed E-state index contributed by atoms with van der Waals surface area (Å²) < 4.78 is 22.3. The van der Waals surface area contributed by atoms with Crippen LogP contribution in [-0.4, -0.2) is 74.1 Å². The minimum absolute atomic E-state index is 0.00722. The van der Waals surface area contributed by atoms with Crippen LogP contribution in [0.5, 0.6) is 0 Å². The molecule has 6 nitrogen and oxygen atoms in total. The van der Waals surface area contributed by atoms with E-state index in [2.05, 4.69) is 0 Å². The number of likely N-dealkylation sites (N-methyl/N-ethyl adjacent to an activating group) is 1. The molecule has 1 fully saturated rings. The quantitative estimate of drug-likeness (QED) is 0.687. The molecule has 1 atom stereocenters. The maximum Gasteiger partial charge on any atom is 0.407 e. The lowest BCUT2D eigenvalue weighted by atomic mass is 10.2. The SMILES string of the molecule is CN1CCN(C(=O)O)CC1CS(C)(=O)=O. The molecule has 0 aliphatic carbocycles. The Morgan fingerprint density at radius 3 is 2.53 bits per heavy atom. The third kappa shape index (κ3) is 3.67. The molecule has 1 aliphatic heterocycles. The third-order valence-electron chi connectivity index (χ3n) is 2.54. The predicted molar refractivity (Wildman–Crippen MR) is 55.7 cm³/mol. The van der Waals surface area contributed by atoms with Crippen LogP contribution in [0.3, 0.4) is 0 Å². The van der Waals surface area contributed by atoms with Crippen LogP contribution in [-0.2, 0) is 9.84 Å². The number of nitrogens with zero attached hydrogens (tertiary/aromatic N) is 2. The zero-order valence-corrected chi connectivity index (χ0v) is 9.70. The van der Waals surface area contributed by atoms with Gasteiger partial charge in [0.2, 0.25) is 0 Å². The maximum atomic E-state index is 11.1. The van der Waals surface area contributed by atoms with Gasteiger partial charge < -0.3 is 10.0 Å². The lowest BCUT2D eigenvalue weighted by Gasteiger charge is -2.37. The van der Waals surface area contributed by atoms with Crippen LogP contribution in [0.4, 0.5) is 4.79 Å². The molecule has 0 aromatic rings. The summed E-state index contributed by atoms with van der Waals surface area (Å²) >= 11 is 0. The Hall–Kier alpha value is -0.820. The van der Waals surface area contributed by atoms with E-state index in [0.29, 0.717) is 13.1 Å². The zero-order chi connectivity index (χ0) is 11.6. The molecule has 0 aromatic heterocycles. The van der Waals surface area contributed by atoms with Gasteiger partial charge in [0.25, 0.3) is 0 Å². The van der Waals surface area contributed by atoms with Gasteiger partial charge in [-0.2, -0.15) is 0 Å². The highest BCUT2D eigenvalue weighted by atomic mass is 32.2. The summed E-state index contributed by atoms with van der Waals surface area (Å²) in [5.41, 5.74) is 0. The van der Waals surface area contributed by atoms with Crippen molar-refractivity contribution in [2.24, 2.45) is 0 Å². The van der Waals surface area contributed by atoms with Crippen LogP contribution >= 0.6 is 0 Å². The van der Waals surface area contributed by atoms with E-state index in [1.54, 1.807) is 0 Å². The van der Waals surface area contributed by atoms with E-state index in [1.807, 2.05) is 11.9 Å². The summed E-state index contributed by atoms with van der Waals surface area (Å²) in [4.78, 5) is 13.9. The molecule has 0 radical (unpaired) electrons. The fourth-order valence-electron chi connectivity index (χ4n) is 1.65. The number of carbonyl (C=O) groups is 1. The molecule has 0 bridgehead atoms. The predicted octanol–water partition coefficient (Wildman–Crippen LogP) is -0.675. The number of rotatable bonds is 2. The second kappa shape index (κ2) is 4.36. The summed E-state index contributed by atoms with van der Waals surface area (Å²) in [6.45, 7) is 1.28. The van der Waals surface area contributed by atoms with E-state index < -0.39 is 15.9 Å². The lowest BCUT2D eigenvalue weighted by Crippen LogP contribution is -2.55. The van der Waals surface area contributed by atoms with Crippen LogP contribution in [0.15, 0.2) is 0 Å². The van der Waals surface area contributed by atoms with Crippen molar-refractivity contribution < 1.29 is 18.3 Å². The number of hydrogen-bond acceptors (Lipinski definition) is 4. The molecule has 1 aliphatic rings. The van der Waals surface area contributed by atoms with Gasteiger partial charge in [0, 0.05) is 31.9 Å². The van der Waals surface area contributed by atoms with Crippen molar-refractivity contribution in [1.29, 1.82) is 0 Å². The van der Waals surface area contributed by atoms with Gasteiger partial charge in [-0.25, -0.2) is 13.2 Å². The van der Waals surface area contributed by atoms with E-state index >= 15 is 0 Å².